The average molecular weight is 318 g/mol. The molecule has 1 aromatic heterocycles. The zero-order chi connectivity index (χ0) is 13.7. The molecule has 1 aromatic rings. The Morgan fingerprint density at radius 1 is 1.25 bits per heavy atom. The Kier molecular flexibility index (Phi) is 6.98. The van der Waals surface area contributed by atoms with E-state index in [9.17, 15) is 9.59 Å². The predicted octanol–water partition coefficient (Wildman–Crippen LogP) is 1.06. The number of carbonyl (C=O) groups excluding carboxylic acids is 2. The van der Waals surface area contributed by atoms with Crippen molar-refractivity contribution in [3.63, 3.8) is 0 Å². The standard InChI is InChI=1S/C13H19N3O2S.ClH/c1-14-4-2-12(17)15-5-7-16(8-6-15)13(18)11-3-9-19-10-11;/h3,9-10,14H,2,4-8H2,1H3;1H. The van der Waals surface area contributed by atoms with Gasteiger partial charge in [-0.1, -0.05) is 0 Å². The van der Waals surface area contributed by atoms with Gasteiger partial charge in [-0.2, -0.15) is 11.3 Å². The number of thiophene rings is 1. The monoisotopic (exact) mass is 317 g/mol. The summed E-state index contributed by atoms with van der Waals surface area (Å²) in [6.45, 7) is 3.23. The van der Waals surface area contributed by atoms with Crippen molar-refractivity contribution in [1.82, 2.24) is 15.1 Å². The van der Waals surface area contributed by atoms with Gasteiger partial charge in [0, 0.05) is 44.5 Å². The first-order valence-electron chi connectivity index (χ1n) is 6.46. The van der Waals surface area contributed by atoms with Crippen LogP contribution in [0.5, 0.6) is 0 Å². The van der Waals surface area contributed by atoms with Crippen LogP contribution in [-0.4, -0.2) is 61.4 Å². The van der Waals surface area contributed by atoms with Gasteiger partial charge in [-0.3, -0.25) is 9.59 Å². The maximum Gasteiger partial charge on any atom is 0.254 e. The fourth-order valence-corrected chi connectivity index (χ4v) is 2.75. The summed E-state index contributed by atoms with van der Waals surface area (Å²) in [5.74, 6) is 0.237. The molecule has 0 saturated carbocycles. The van der Waals surface area contributed by atoms with E-state index in [2.05, 4.69) is 5.32 Å². The van der Waals surface area contributed by atoms with Gasteiger partial charge in [0.25, 0.3) is 5.91 Å². The highest BCUT2D eigenvalue weighted by atomic mass is 35.5. The first kappa shape index (κ1) is 16.9. The zero-order valence-electron chi connectivity index (χ0n) is 11.5. The second-order valence-corrected chi connectivity index (χ2v) is 5.32. The molecule has 0 spiro atoms. The summed E-state index contributed by atoms with van der Waals surface area (Å²) in [6, 6.07) is 1.84. The molecule has 1 aliphatic heterocycles. The number of carbonyl (C=O) groups is 2. The van der Waals surface area contributed by atoms with E-state index in [-0.39, 0.29) is 24.2 Å². The van der Waals surface area contributed by atoms with E-state index in [0.29, 0.717) is 39.1 Å². The molecule has 0 radical (unpaired) electrons. The Morgan fingerprint density at radius 2 is 1.90 bits per heavy atom. The molecule has 1 fully saturated rings. The predicted molar refractivity (Wildman–Crippen MR) is 82.6 cm³/mol. The molecule has 112 valence electrons. The third kappa shape index (κ3) is 4.19. The molecule has 0 unspecified atom stereocenters. The van der Waals surface area contributed by atoms with E-state index in [4.69, 9.17) is 0 Å². The molecule has 1 saturated heterocycles. The van der Waals surface area contributed by atoms with Crippen LogP contribution in [0.4, 0.5) is 0 Å². The third-order valence-electron chi connectivity index (χ3n) is 3.28. The Bertz CT molecular complexity index is 431. The number of piperazine rings is 1. The number of nitrogens with zero attached hydrogens (tertiary/aromatic N) is 2. The van der Waals surface area contributed by atoms with Crippen molar-refractivity contribution in [2.24, 2.45) is 0 Å². The van der Waals surface area contributed by atoms with E-state index >= 15 is 0 Å². The van der Waals surface area contributed by atoms with Crippen molar-refractivity contribution in [1.29, 1.82) is 0 Å². The number of halogens is 1. The lowest BCUT2D eigenvalue weighted by Crippen LogP contribution is -2.50. The zero-order valence-corrected chi connectivity index (χ0v) is 13.1. The van der Waals surface area contributed by atoms with Gasteiger partial charge in [-0.05, 0) is 18.5 Å². The molecule has 1 N–H and O–H groups in total. The van der Waals surface area contributed by atoms with Crippen LogP contribution in [-0.2, 0) is 4.79 Å². The van der Waals surface area contributed by atoms with Gasteiger partial charge >= 0.3 is 0 Å². The number of rotatable bonds is 4. The molecule has 5 nitrogen and oxygen atoms in total. The molecule has 2 heterocycles. The topological polar surface area (TPSA) is 52.7 Å². The number of nitrogens with one attached hydrogen (secondary N) is 1. The highest BCUT2D eigenvalue weighted by Crippen LogP contribution is 2.12. The largest absolute Gasteiger partial charge is 0.339 e. The van der Waals surface area contributed by atoms with Gasteiger partial charge < -0.3 is 15.1 Å². The first-order chi connectivity index (χ1) is 9.22. The lowest BCUT2D eigenvalue weighted by Gasteiger charge is -2.34. The van der Waals surface area contributed by atoms with Crippen molar-refractivity contribution in [3.05, 3.63) is 22.4 Å². The summed E-state index contributed by atoms with van der Waals surface area (Å²) in [4.78, 5) is 27.6. The molecular weight excluding hydrogens is 298 g/mol. The maximum absolute atomic E-state index is 12.1. The van der Waals surface area contributed by atoms with Crippen LogP contribution in [0.3, 0.4) is 0 Å². The average Bonchev–Trinajstić information content (AvgIpc) is 2.98. The van der Waals surface area contributed by atoms with Crippen LogP contribution in [0, 0.1) is 0 Å². The summed E-state index contributed by atoms with van der Waals surface area (Å²) in [6.07, 6.45) is 0.523. The molecule has 20 heavy (non-hydrogen) atoms. The summed E-state index contributed by atoms with van der Waals surface area (Å²) >= 11 is 1.53. The minimum Gasteiger partial charge on any atom is -0.339 e. The summed E-state index contributed by atoms with van der Waals surface area (Å²) in [5.41, 5.74) is 0.750. The van der Waals surface area contributed by atoms with E-state index < -0.39 is 0 Å². The molecule has 0 atom stereocenters. The Morgan fingerprint density at radius 3 is 2.45 bits per heavy atom. The van der Waals surface area contributed by atoms with Crippen LogP contribution in [0.1, 0.15) is 16.8 Å². The van der Waals surface area contributed by atoms with Gasteiger partial charge in [0.05, 0.1) is 5.56 Å². The van der Waals surface area contributed by atoms with Crippen molar-refractivity contribution >= 4 is 35.6 Å². The Balaban J connectivity index is 0.00000200. The van der Waals surface area contributed by atoms with E-state index in [1.807, 2.05) is 33.7 Å². The van der Waals surface area contributed by atoms with Gasteiger partial charge in [0.15, 0.2) is 0 Å². The number of hydrogen-bond acceptors (Lipinski definition) is 4. The summed E-state index contributed by atoms with van der Waals surface area (Å²) in [7, 11) is 1.84. The fourth-order valence-electron chi connectivity index (χ4n) is 2.12. The maximum atomic E-state index is 12.1. The lowest BCUT2D eigenvalue weighted by molar-refractivity contribution is -0.132. The highest BCUT2D eigenvalue weighted by molar-refractivity contribution is 7.08. The van der Waals surface area contributed by atoms with Crippen LogP contribution in [0.15, 0.2) is 16.8 Å². The van der Waals surface area contributed by atoms with E-state index in [0.717, 1.165) is 5.56 Å². The Labute approximate surface area is 129 Å². The van der Waals surface area contributed by atoms with Gasteiger partial charge in [-0.15, -0.1) is 12.4 Å². The van der Waals surface area contributed by atoms with Crippen LogP contribution in [0.2, 0.25) is 0 Å². The van der Waals surface area contributed by atoms with Gasteiger partial charge in [0.1, 0.15) is 0 Å². The quantitative estimate of drug-likeness (QED) is 0.903. The number of amides is 2. The third-order valence-corrected chi connectivity index (χ3v) is 3.96. The highest BCUT2D eigenvalue weighted by Gasteiger charge is 2.24. The van der Waals surface area contributed by atoms with E-state index in [1.165, 1.54) is 11.3 Å². The first-order valence-corrected chi connectivity index (χ1v) is 7.40. The molecule has 0 aromatic carbocycles. The van der Waals surface area contributed by atoms with Crippen LogP contribution in [0.25, 0.3) is 0 Å². The van der Waals surface area contributed by atoms with E-state index in [1.54, 1.807) is 0 Å². The second-order valence-electron chi connectivity index (χ2n) is 4.54. The van der Waals surface area contributed by atoms with Crippen LogP contribution >= 0.6 is 23.7 Å². The van der Waals surface area contributed by atoms with Crippen molar-refractivity contribution < 1.29 is 9.59 Å². The molecule has 1 aliphatic rings. The summed E-state index contributed by atoms with van der Waals surface area (Å²) in [5, 5.41) is 6.75. The fraction of sp³-hybridized carbons (Fsp3) is 0.538. The lowest BCUT2D eigenvalue weighted by atomic mass is 10.2. The minimum absolute atomic E-state index is 0. The van der Waals surface area contributed by atoms with Crippen molar-refractivity contribution in [2.45, 2.75) is 6.42 Å². The van der Waals surface area contributed by atoms with Crippen LogP contribution < -0.4 is 5.32 Å². The molecular formula is C13H20ClN3O2S. The molecule has 7 heteroatoms. The normalized spacial score (nSPS) is 14.8. The smallest absolute Gasteiger partial charge is 0.254 e. The van der Waals surface area contributed by atoms with Gasteiger partial charge in [-0.25, -0.2) is 0 Å². The van der Waals surface area contributed by atoms with Crippen molar-refractivity contribution in [2.75, 3.05) is 39.8 Å². The SMILES string of the molecule is CNCCC(=O)N1CCN(C(=O)c2ccsc2)CC1.Cl. The second kappa shape index (κ2) is 8.24. The molecule has 0 aliphatic carbocycles. The number of hydrogen-bond donors (Lipinski definition) is 1. The summed E-state index contributed by atoms with van der Waals surface area (Å²) < 4.78 is 0. The molecule has 2 rings (SSSR count). The van der Waals surface area contributed by atoms with Gasteiger partial charge in [0.2, 0.25) is 5.91 Å². The Hall–Kier alpha value is -1.11. The minimum atomic E-state index is 0. The van der Waals surface area contributed by atoms with Crippen molar-refractivity contribution in [3.8, 4) is 0 Å². The molecule has 2 amide bonds. The molecule has 0 bridgehead atoms.